The van der Waals surface area contributed by atoms with Gasteiger partial charge in [-0.2, -0.15) is 0 Å². The Balaban J connectivity index is 2.23. The molecule has 1 N–H and O–H groups in total. The molecule has 0 fully saturated rings. The lowest BCUT2D eigenvalue weighted by Crippen LogP contribution is -2.36. The summed E-state index contributed by atoms with van der Waals surface area (Å²) >= 11 is 0. The Morgan fingerprint density at radius 3 is 2.83 bits per heavy atom. The quantitative estimate of drug-likeness (QED) is 0.594. The van der Waals surface area contributed by atoms with Crippen molar-refractivity contribution in [2.24, 2.45) is 0 Å². The Hall–Kier alpha value is -1.55. The third-order valence-corrected chi connectivity index (χ3v) is 2.47. The summed E-state index contributed by atoms with van der Waals surface area (Å²) in [5.41, 5.74) is 3.96. The van der Waals surface area contributed by atoms with Crippen LogP contribution in [-0.4, -0.2) is 31.6 Å². The Morgan fingerprint density at radius 1 is 1.39 bits per heavy atom. The van der Waals surface area contributed by atoms with Crippen molar-refractivity contribution >= 4 is 5.91 Å². The number of benzene rings is 1. The minimum atomic E-state index is 0.0194. The normalized spacial score (nSPS) is 10.4. The molecule has 0 aromatic heterocycles. The highest BCUT2D eigenvalue weighted by Crippen LogP contribution is 2.13. The molecule has 4 nitrogen and oxygen atoms in total. The van der Waals surface area contributed by atoms with E-state index in [1.165, 1.54) is 5.56 Å². The molecule has 0 heterocycles. The first-order valence-corrected chi connectivity index (χ1v) is 6.30. The van der Waals surface area contributed by atoms with Crippen molar-refractivity contribution < 1.29 is 9.53 Å². The number of nitrogens with one attached hydrogen (secondary N) is 1. The van der Waals surface area contributed by atoms with Gasteiger partial charge in [0.2, 0.25) is 5.91 Å². The van der Waals surface area contributed by atoms with Gasteiger partial charge in [-0.15, -0.1) is 0 Å². The summed E-state index contributed by atoms with van der Waals surface area (Å²) in [6.07, 6.45) is 2.20. The Morgan fingerprint density at radius 2 is 2.17 bits per heavy atom. The van der Waals surface area contributed by atoms with Crippen molar-refractivity contribution in [3.8, 4) is 5.75 Å². The summed E-state index contributed by atoms with van der Waals surface area (Å²) in [6.45, 7) is 2.68. The summed E-state index contributed by atoms with van der Waals surface area (Å²) in [5.74, 6) is 0.897. The van der Waals surface area contributed by atoms with Crippen LogP contribution in [0.15, 0.2) is 24.3 Å². The van der Waals surface area contributed by atoms with Gasteiger partial charge in [-0.05, 0) is 30.5 Å². The van der Waals surface area contributed by atoms with Gasteiger partial charge in [0.05, 0.1) is 6.61 Å². The number of carbonyl (C=O) groups excluding carboxylic acids is 1. The number of hydrogen-bond acceptors (Lipinski definition) is 3. The van der Waals surface area contributed by atoms with Crippen LogP contribution in [-0.2, 0) is 11.2 Å². The van der Waals surface area contributed by atoms with Crippen LogP contribution in [0.4, 0.5) is 0 Å². The number of nitrogens with zero attached hydrogens (tertiary/aromatic N) is 1. The Labute approximate surface area is 109 Å². The van der Waals surface area contributed by atoms with Gasteiger partial charge in [-0.1, -0.05) is 19.1 Å². The van der Waals surface area contributed by atoms with Crippen LogP contribution in [0.1, 0.15) is 25.3 Å². The first kappa shape index (κ1) is 14.5. The number of hydrogen-bond donors (Lipinski definition) is 1. The Kier molecular flexibility index (Phi) is 6.22. The monoisotopic (exact) mass is 250 g/mol. The maximum Gasteiger partial charge on any atom is 0.234 e. The molecule has 0 radical (unpaired) electrons. The van der Waals surface area contributed by atoms with Crippen LogP contribution in [0.3, 0.4) is 0 Å². The van der Waals surface area contributed by atoms with E-state index in [-0.39, 0.29) is 5.91 Å². The maximum atomic E-state index is 11.4. The summed E-state index contributed by atoms with van der Waals surface area (Å²) in [6, 6.07) is 8.06. The SMILES string of the molecule is CCc1cccc(OCCCC(=O)NN(C)C)c1. The van der Waals surface area contributed by atoms with Gasteiger partial charge >= 0.3 is 0 Å². The van der Waals surface area contributed by atoms with Gasteiger partial charge in [0.1, 0.15) is 5.75 Å². The molecule has 1 amide bonds. The highest BCUT2D eigenvalue weighted by Gasteiger charge is 2.02. The van der Waals surface area contributed by atoms with Crippen molar-refractivity contribution in [3.63, 3.8) is 0 Å². The lowest BCUT2D eigenvalue weighted by Gasteiger charge is -2.12. The van der Waals surface area contributed by atoms with E-state index >= 15 is 0 Å². The molecule has 4 heteroatoms. The molecule has 1 aromatic carbocycles. The number of amides is 1. The summed E-state index contributed by atoms with van der Waals surface area (Å²) in [7, 11) is 3.59. The van der Waals surface area contributed by atoms with Gasteiger partial charge in [0, 0.05) is 20.5 Å². The largest absolute Gasteiger partial charge is 0.494 e. The van der Waals surface area contributed by atoms with E-state index < -0.39 is 0 Å². The molecule has 100 valence electrons. The van der Waals surface area contributed by atoms with Crippen LogP contribution < -0.4 is 10.2 Å². The second-order valence-electron chi connectivity index (χ2n) is 4.38. The number of hydrazine groups is 1. The minimum absolute atomic E-state index is 0.0194. The van der Waals surface area contributed by atoms with Crippen molar-refractivity contribution in [1.29, 1.82) is 0 Å². The van der Waals surface area contributed by atoms with Gasteiger partial charge in [-0.25, -0.2) is 5.01 Å². The van der Waals surface area contributed by atoms with Crippen LogP contribution >= 0.6 is 0 Å². The van der Waals surface area contributed by atoms with Crippen LogP contribution in [0.5, 0.6) is 5.75 Å². The highest BCUT2D eigenvalue weighted by molar-refractivity contribution is 5.75. The zero-order chi connectivity index (χ0) is 13.4. The highest BCUT2D eigenvalue weighted by atomic mass is 16.5. The van der Waals surface area contributed by atoms with Crippen LogP contribution in [0.25, 0.3) is 0 Å². The van der Waals surface area contributed by atoms with E-state index in [4.69, 9.17) is 4.74 Å². The second-order valence-corrected chi connectivity index (χ2v) is 4.38. The molecule has 0 spiro atoms. The molecule has 0 aliphatic heterocycles. The van der Waals surface area contributed by atoms with E-state index in [1.807, 2.05) is 18.2 Å². The predicted molar refractivity (Wildman–Crippen MR) is 72.4 cm³/mol. The zero-order valence-electron chi connectivity index (χ0n) is 11.4. The molecule has 0 unspecified atom stereocenters. The van der Waals surface area contributed by atoms with Crippen LogP contribution in [0, 0.1) is 0 Å². The fourth-order valence-corrected chi connectivity index (χ4v) is 1.58. The molecule has 0 aliphatic carbocycles. The molecule has 0 atom stereocenters. The average molecular weight is 250 g/mol. The topological polar surface area (TPSA) is 41.6 Å². The second kappa shape index (κ2) is 7.71. The van der Waals surface area contributed by atoms with Crippen molar-refractivity contribution in [1.82, 2.24) is 10.4 Å². The van der Waals surface area contributed by atoms with Crippen molar-refractivity contribution in [2.45, 2.75) is 26.2 Å². The third kappa shape index (κ3) is 5.68. The van der Waals surface area contributed by atoms with E-state index in [0.29, 0.717) is 13.0 Å². The molecular formula is C14H22N2O2. The average Bonchev–Trinajstić information content (AvgIpc) is 2.34. The van der Waals surface area contributed by atoms with Gasteiger partial charge in [0.25, 0.3) is 0 Å². The Bertz CT molecular complexity index is 378. The number of ether oxygens (including phenoxy) is 1. The van der Waals surface area contributed by atoms with Crippen LogP contribution in [0.2, 0.25) is 0 Å². The summed E-state index contributed by atoms with van der Waals surface area (Å²) in [5, 5.41) is 1.65. The summed E-state index contributed by atoms with van der Waals surface area (Å²) < 4.78 is 5.61. The molecule has 0 saturated heterocycles. The van der Waals surface area contributed by atoms with Gasteiger partial charge in [-0.3, -0.25) is 10.2 Å². The molecule has 1 rings (SSSR count). The number of carbonyl (C=O) groups is 1. The third-order valence-electron chi connectivity index (χ3n) is 2.47. The smallest absolute Gasteiger partial charge is 0.234 e. The predicted octanol–water partition coefficient (Wildman–Crippen LogP) is 2.00. The summed E-state index contributed by atoms with van der Waals surface area (Å²) in [4.78, 5) is 11.4. The van der Waals surface area contributed by atoms with Gasteiger partial charge < -0.3 is 4.74 Å². The van der Waals surface area contributed by atoms with E-state index in [9.17, 15) is 4.79 Å². The zero-order valence-corrected chi connectivity index (χ0v) is 11.4. The standard InChI is InChI=1S/C14H22N2O2/c1-4-12-7-5-8-13(11-12)18-10-6-9-14(17)15-16(2)3/h5,7-8,11H,4,6,9-10H2,1-3H3,(H,15,17). The first-order chi connectivity index (χ1) is 8.61. The lowest BCUT2D eigenvalue weighted by molar-refractivity contribution is -0.125. The fourth-order valence-electron chi connectivity index (χ4n) is 1.58. The number of rotatable bonds is 7. The molecule has 0 saturated carbocycles. The first-order valence-electron chi connectivity index (χ1n) is 6.30. The van der Waals surface area contributed by atoms with Crippen molar-refractivity contribution in [3.05, 3.63) is 29.8 Å². The molecular weight excluding hydrogens is 228 g/mol. The van der Waals surface area contributed by atoms with E-state index in [1.54, 1.807) is 19.1 Å². The number of aryl methyl sites for hydroxylation is 1. The van der Waals surface area contributed by atoms with E-state index in [0.717, 1.165) is 18.6 Å². The molecule has 0 aliphatic rings. The van der Waals surface area contributed by atoms with E-state index in [2.05, 4.69) is 18.4 Å². The fraction of sp³-hybridized carbons (Fsp3) is 0.500. The lowest BCUT2D eigenvalue weighted by atomic mass is 10.2. The van der Waals surface area contributed by atoms with Gasteiger partial charge in [0.15, 0.2) is 0 Å². The molecule has 0 bridgehead atoms. The molecule has 18 heavy (non-hydrogen) atoms. The maximum absolute atomic E-state index is 11.4. The minimum Gasteiger partial charge on any atom is -0.494 e. The molecule has 1 aromatic rings. The van der Waals surface area contributed by atoms with Crippen molar-refractivity contribution in [2.75, 3.05) is 20.7 Å².